The number of hydrogen-bond donors (Lipinski definition) is 0. The maximum Gasteiger partial charge on any atom is 0.143 e. The summed E-state index contributed by atoms with van der Waals surface area (Å²) in [6.07, 6.45) is 1.53. The third-order valence-corrected chi connectivity index (χ3v) is 3.08. The number of methoxy groups -OCH3 is 1. The summed E-state index contributed by atoms with van der Waals surface area (Å²) in [5.41, 5.74) is -0.281. The molecule has 1 saturated carbocycles. The second kappa shape index (κ2) is 6.33. The molecule has 1 atom stereocenters. The maximum absolute atomic E-state index is 11.3. The first-order valence-electron chi connectivity index (χ1n) is 5.80. The van der Waals surface area contributed by atoms with Crippen LogP contribution in [0.25, 0.3) is 0 Å². The summed E-state index contributed by atoms with van der Waals surface area (Å²) in [5, 5.41) is 0. The molecule has 0 saturated heterocycles. The predicted molar refractivity (Wildman–Crippen MR) is 60.5 cm³/mol. The normalized spacial score (nSPS) is 23.2. The zero-order valence-corrected chi connectivity index (χ0v) is 10.5. The fourth-order valence-corrected chi connectivity index (χ4v) is 1.63. The van der Waals surface area contributed by atoms with Crippen LogP contribution in [0.1, 0.15) is 26.7 Å². The van der Waals surface area contributed by atoms with E-state index in [1.165, 1.54) is 0 Å². The van der Waals surface area contributed by atoms with E-state index in [1.807, 2.05) is 13.8 Å². The molecule has 0 N–H and O–H groups in total. The number of ketones is 1. The molecule has 0 spiro atoms. The van der Waals surface area contributed by atoms with Gasteiger partial charge in [0.05, 0.1) is 24.7 Å². The lowest BCUT2D eigenvalue weighted by atomic mass is 9.68. The van der Waals surface area contributed by atoms with Gasteiger partial charge in [0.1, 0.15) is 5.78 Å². The number of hydrogen-bond acceptors (Lipinski definition) is 4. The molecule has 4 heteroatoms. The minimum atomic E-state index is -0.281. The van der Waals surface area contributed by atoms with Gasteiger partial charge in [-0.1, -0.05) is 13.8 Å². The van der Waals surface area contributed by atoms with E-state index < -0.39 is 0 Å². The van der Waals surface area contributed by atoms with Crippen molar-refractivity contribution in [2.24, 2.45) is 5.41 Å². The second-order valence-corrected chi connectivity index (χ2v) is 4.67. The van der Waals surface area contributed by atoms with Gasteiger partial charge in [0, 0.05) is 26.7 Å². The van der Waals surface area contributed by atoms with E-state index in [0.29, 0.717) is 38.6 Å². The quantitative estimate of drug-likeness (QED) is 0.592. The van der Waals surface area contributed by atoms with Crippen LogP contribution < -0.4 is 0 Å². The Labute approximate surface area is 97.2 Å². The summed E-state index contributed by atoms with van der Waals surface area (Å²) in [7, 11) is 1.65. The van der Waals surface area contributed by atoms with Crippen LogP contribution in [0.4, 0.5) is 0 Å². The van der Waals surface area contributed by atoms with Crippen molar-refractivity contribution in [3.05, 3.63) is 0 Å². The molecule has 1 unspecified atom stereocenters. The molecule has 0 aromatic rings. The van der Waals surface area contributed by atoms with Crippen molar-refractivity contribution in [2.75, 3.05) is 33.5 Å². The highest BCUT2D eigenvalue weighted by molar-refractivity contribution is 5.91. The first-order chi connectivity index (χ1) is 7.59. The van der Waals surface area contributed by atoms with Crippen LogP contribution in [0.15, 0.2) is 0 Å². The smallest absolute Gasteiger partial charge is 0.143 e. The first-order valence-corrected chi connectivity index (χ1v) is 5.80. The number of carbonyl (C=O) groups is 1. The highest BCUT2D eigenvalue weighted by atomic mass is 16.5. The minimum Gasteiger partial charge on any atom is -0.382 e. The van der Waals surface area contributed by atoms with Crippen molar-refractivity contribution in [1.29, 1.82) is 0 Å². The second-order valence-electron chi connectivity index (χ2n) is 4.67. The summed E-state index contributed by atoms with van der Waals surface area (Å²) in [6.45, 7) is 6.49. The van der Waals surface area contributed by atoms with Gasteiger partial charge in [-0.3, -0.25) is 4.79 Å². The van der Waals surface area contributed by atoms with Crippen molar-refractivity contribution >= 4 is 5.78 Å². The van der Waals surface area contributed by atoms with Crippen molar-refractivity contribution in [3.63, 3.8) is 0 Å². The highest BCUT2D eigenvalue weighted by Crippen LogP contribution is 2.38. The Bertz CT molecular complexity index is 225. The van der Waals surface area contributed by atoms with Crippen molar-refractivity contribution in [2.45, 2.75) is 32.8 Å². The predicted octanol–water partition coefficient (Wildman–Crippen LogP) is 1.42. The molecule has 1 aliphatic rings. The van der Waals surface area contributed by atoms with Crippen LogP contribution in [-0.4, -0.2) is 45.4 Å². The van der Waals surface area contributed by atoms with Gasteiger partial charge in [-0.2, -0.15) is 0 Å². The minimum absolute atomic E-state index is 0.0963. The molecule has 1 aliphatic carbocycles. The van der Waals surface area contributed by atoms with Gasteiger partial charge < -0.3 is 14.2 Å². The van der Waals surface area contributed by atoms with E-state index in [-0.39, 0.29) is 11.5 Å². The average molecular weight is 230 g/mol. The SMILES string of the molecule is COCCOCCCOC1CC(=O)C1(C)C. The molecule has 0 aliphatic heterocycles. The molecule has 0 radical (unpaired) electrons. The van der Waals surface area contributed by atoms with Gasteiger partial charge in [-0.25, -0.2) is 0 Å². The number of Topliss-reactive ketones (excluding diaryl/α,β-unsaturated/α-hetero) is 1. The average Bonchev–Trinajstić information content (AvgIpc) is 2.26. The summed E-state index contributed by atoms with van der Waals surface area (Å²) >= 11 is 0. The molecule has 4 nitrogen and oxygen atoms in total. The molecule has 0 bridgehead atoms. The van der Waals surface area contributed by atoms with Crippen LogP contribution >= 0.6 is 0 Å². The van der Waals surface area contributed by atoms with E-state index in [1.54, 1.807) is 7.11 Å². The molecular formula is C12H22O4. The Morgan fingerprint density at radius 3 is 2.56 bits per heavy atom. The Morgan fingerprint density at radius 2 is 2.00 bits per heavy atom. The standard InChI is InChI=1S/C12H22O4/c1-12(2)10(13)9-11(12)16-6-4-5-15-8-7-14-3/h11H,4-9H2,1-3H3. The molecule has 16 heavy (non-hydrogen) atoms. The number of carbonyl (C=O) groups excluding carboxylic acids is 1. The topological polar surface area (TPSA) is 44.8 Å². The fourth-order valence-electron chi connectivity index (χ4n) is 1.63. The molecule has 0 amide bonds. The largest absolute Gasteiger partial charge is 0.382 e. The summed E-state index contributed by atoms with van der Waals surface area (Å²) in [4.78, 5) is 11.3. The van der Waals surface area contributed by atoms with Crippen LogP contribution in [0.5, 0.6) is 0 Å². The van der Waals surface area contributed by atoms with E-state index in [2.05, 4.69) is 0 Å². The summed E-state index contributed by atoms with van der Waals surface area (Å²) < 4.78 is 15.8. The molecule has 1 fully saturated rings. The third-order valence-electron chi connectivity index (χ3n) is 3.08. The molecular weight excluding hydrogens is 208 g/mol. The van der Waals surface area contributed by atoms with Crippen LogP contribution in [-0.2, 0) is 19.0 Å². The summed E-state index contributed by atoms with van der Waals surface area (Å²) in [6, 6.07) is 0. The van der Waals surface area contributed by atoms with E-state index in [4.69, 9.17) is 14.2 Å². The Morgan fingerprint density at radius 1 is 1.25 bits per heavy atom. The monoisotopic (exact) mass is 230 g/mol. The molecule has 0 aromatic heterocycles. The highest BCUT2D eigenvalue weighted by Gasteiger charge is 2.47. The Hall–Kier alpha value is -0.450. The van der Waals surface area contributed by atoms with Gasteiger partial charge in [0.25, 0.3) is 0 Å². The van der Waals surface area contributed by atoms with E-state index >= 15 is 0 Å². The molecule has 94 valence electrons. The first kappa shape index (κ1) is 13.6. The van der Waals surface area contributed by atoms with Gasteiger partial charge in [-0.15, -0.1) is 0 Å². The lowest BCUT2D eigenvalue weighted by Gasteiger charge is -2.41. The van der Waals surface area contributed by atoms with Gasteiger partial charge in [-0.05, 0) is 6.42 Å². The molecule has 0 heterocycles. The van der Waals surface area contributed by atoms with Crippen LogP contribution in [0.2, 0.25) is 0 Å². The lowest BCUT2D eigenvalue weighted by molar-refractivity contribution is -0.158. The van der Waals surface area contributed by atoms with Crippen molar-refractivity contribution < 1.29 is 19.0 Å². The van der Waals surface area contributed by atoms with Crippen molar-refractivity contribution in [3.8, 4) is 0 Å². The van der Waals surface area contributed by atoms with Crippen LogP contribution in [0, 0.1) is 5.41 Å². The maximum atomic E-state index is 11.3. The zero-order valence-electron chi connectivity index (χ0n) is 10.5. The lowest BCUT2D eigenvalue weighted by Crippen LogP contribution is -2.51. The third kappa shape index (κ3) is 3.54. The van der Waals surface area contributed by atoms with Gasteiger partial charge >= 0.3 is 0 Å². The Balaban J connectivity index is 1.94. The molecule has 0 aromatic carbocycles. The number of ether oxygens (including phenoxy) is 3. The van der Waals surface area contributed by atoms with E-state index in [0.717, 1.165) is 6.42 Å². The molecule has 1 rings (SSSR count). The zero-order chi connectivity index (χ0) is 12.0. The van der Waals surface area contributed by atoms with Crippen molar-refractivity contribution in [1.82, 2.24) is 0 Å². The van der Waals surface area contributed by atoms with E-state index in [9.17, 15) is 4.79 Å². The van der Waals surface area contributed by atoms with Gasteiger partial charge in [0.15, 0.2) is 0 Å². The fraction of sp³-hybridized carbons (Fsp3) is 0.917. The van der Waals surface area contributed by atoms with Gasteiger partial charge in [0.2, 0.25) is 0 Å². The van der Waals surface area contributed by atoms with Crippen LogP contribution in [0.3, 0.4) is 0 Å². The number of rotatable bonds is 8. The summed E-state index contributed by atoms with van der Waals surface area (Å²) in [5.74, 6) is 0.300. The Kier molecular flexibility index (Phi) is 5.38.